The molecule has 0 saturated heterocycles. The zero-order valence-electron chi connectivity index (χ0n) is 10.8. The van der Waals surface area contributed by atoms with Crippen molar-refractivity contribution < 1.29 is 4.79 Å². The Morgan fingerprint density at radius 3 is 2.89 bits per heavy atom. The van der Waals surface area contributed by atoms with E-state index >= 15 is 0 Å². The minimum absolute atomic E-state index is 0.247. The van der Waals surface area contributed by atoms with E-state index in [0.29, 0.717) is 22.8 Å². The molecule has 1 aromatic heterocycles. The molecule has 0 atom stereocenters. The van der Waals surface area contributed by atoms with E-state index in [4.69, 9.17) is 17.3 Å². The molecule has 0 aliphatic rings. The summed E-state index contributed by atoms with van der Waals surface area (Å²) in [6.07, 6.45) is 1.73. The Morgan fingerprint density at radius 1 is 1.53 bits per heavy atom. The Labute approximate surface area is 116 Å². The van der Waals surface area contributed by atoms with E-state index in [9.17, 15) is 4.79 Å². The number of hydrogen-bond acceptors (Lipinski definition) is 3. The lowest BCUT2D eigenvalue weighted by Crippen LogP contribution is -2.24. The average Bonchev–Trinajstić information content (AvgIpc) is 2.70. The van der Waals surface area contributed by atoms with Crippen LogP contribution >= 0.6 is 11.6 Å². The highest BCUT2D eigenvalue weighted by atomic mass is 35.5. The van der Waals surface area contributed by atoms with Crippen molar-refractivity contribution in [3.8, 4) is 0 Å². The van der Waals surface area contributed by atoms with Crippen molar-refractivity contribution in [2.24, 2.45) is 7.05 Å². The molecule has 1 heterocycles. The van der Waals surface area contributed by atoms with E-state index < -0.39 is 0 Å². The van der Waals surface area contributed by atoms with Crippen molar-refractivity contribution in [2.45, 2.75) is 13.5 Å². The van der Waals surface area contributed by atoms with Crippen molar-refractivity contribution in [3.05, 3.63) is 46.2 Å². The van der Waals surface area contributed by atoms with Gasteiger partial charge in [-0.25, -0.2) is 0 Å². The van der Waals surface area contributed by atoms with Gasteiger partial charge in [0.1, 0.15) is 0 Å². The number of aromatic nitrogens is 2. The van der Waals surface area contributed by atoms with Gasteiger partial charge in [0.25, 0.3) is 5.91 Å². The first-order valence-electron chi connectivity index (χ1n) is 5.80. The maximum absolute atomic E-state index is 12.0. The molecule has 0 bridgehead atoms. The third kappa shape index (κ3) is 2.71. The van der Waals surface area contributed by atoms with Crippen LogP contribution in [-0.4, -0.2) is 15.7 Å². The maximum atomic E-state index is 12.0. The van der Waals surface area contributed by atoms with E-state index in [0.717, 1.165) is 11.3 Å². The molecular formula is C13H15ClN4O. The van der Waals surface area contributed by atoms with Gasteiger partial charge in [-0.2, -0.15) is 5.10 Å². The normalized spacial score (nSPS) is 10.5. The van der Waals surface area contributed by atoms with Gasteiger partial charge in [-0.3, -0.25) is 9.48 Å². The monoisotopic (exact) mass is 278 g/mol. The minimum Gasteiger partial charge on any atom is -0.397 e. The highest BCUT2D eigenvalue weighted by molar-refractivity contribution is 6.33. The third-order valence-electron chi connectivity index (χ3n) is 3.07. The molecule has 2 rings (SSSR count). The van der Waals surface area contributed by atoms with E-state index in [-0.39, 0.29) is 5.91 Å². The number of para-hydroxylation sites is 1. The average molecular weight is 279 g/mol. The van der Waals surface area contributed by atoms with E-state index in [1.165, 1.54) is 0 Å². The Morgan fingerprint density at radius 2 is 2.26 bits per heavy atom. The van der Waals surface area contributed by atoms with E-state index in [2.05, 4.69) is 10.4 Å². The van der Waals surface area contributed by atoms with Gasteiger partial charge in [0.05, 0.1) is 22.5 Å². The molecule has 3 N–H and O–H groups in total. The SMILES string of the molecule is Cc1c(CNC(=O)c2cccc(Cl)c2N)cnn1C. The first kappa shape index (κ1) is 13.4. The summed E-state index contributed by atoms with van der Waals surface area (Å²) in [6.45, 7) is 2.35. The van der Waals surface area contributed by atoms with Crippen LogP contribution in [0.4, 0.5) is 5.69 Å². The van der Waals surface area contributed by atoms with Crippen LogP contribution in [0.2, 0.25) is 5.02 Å². The number of amides is 1. The molecule has 0 unspecified atom stereocenters. The molecule has 5 nitrogen and oxygen atoms in total. The number of benzene rings is 1. The van der Waals surface area contributed by atoms with Gasteiger partial charge in [-0.15, -0.1) is 0 Å². The van der Waals surface area contributed by atoms with Crippen molar-refractivity contribution in [1.29, 1.82) is 0 Å². The van der Waals surface area contributed by atoms with Gasteiger partial charge in [0.15, 0.2) is 0 Å². The van der Waals surface area contributed by atoms with Crippen molar-refractivity contribution >= 4 is 23.2 Å². The fourth-order valence-electron chi connectivity index (χ4n) is 1.72. The van der Waals surface area contributed by atoms with Gasteiger partial charge < -0.3 is 11.1 Å². The number of nitrogens with zero attached hydrogens (tertiary/aromatic N) is 2. The molecule has 1 amide bonds. The summed E-state index contributed by atoms with van der Waals surface area (Å²) in [6, 6.07) is 4.99. The number of nitrogen functional groups attached to an aromatic ring is 1. The number of nitrogens with two attached hydrogens (primary N) is 1. The lowest BCUT2D eigenvalue weighted by atomic mass is 10.1. The maximum Gasteiger partial charge on any atom is 0.253 e. The number of nitrogens with one attached hydrogen (secondary N) is 1. The van der Waals surface area contributed by atoms with Crippen LogP contribution in [0.1, 0.15) is 21.6 Å². The van der Waals surface area contributed by atoms with Crippen LogP contribution in [0, 0.1) is 6.92 Å². The van der Waals surface area contributed by atoms with Gasteiger partial charge >= 0.3 is 0 Å². The van der Waals surface area contributed by atoms with Crippen molar-refractivity contribution in [3.63, 3.8) is 0 Å². The van der Waals surface area contributed by atoms with Crippen LogP contribution < -0.4 is 11.1 Å². The molecule has 0 aliphatic heterocycles. The number of aryl methyl sites for hydroxylation is 1. The summed E-state index contributed by atoms with van der Waals surface area (Å²) in [4.78, 5) is 12.0. The number of halogens is 1. The standard InChI is InChI=1S/C13H15ClN4O/c1-8-9(7-17-18(8)2)6-16-13(19)10-4-3-5-11(14)12(10)15/h3-5,7H,6,15H2,1-2H3,(H,16,19). The predicted octanol–water partition coefficient (Wildman–Crippen LogP) is 1.89. The summed E-state index contributed by atoms with van der Waals surface area (Å²) in [5.74, 6) is -0.247. The van der Waals surface area contributed by atoms with Gasteiger partial charge in [-0.1, -0.05) is 17.7 Å². The molecule has 0 radical (unpaired) electrons. The molecule has 6 heteroatoms. The second-order valence-corrected chi connectivity index (χ2v) is 4.67. The first-order valence-corrected chi connectivity index (χ1v) is 6.18. The Hall–Kier alpha value is -2.01. The predicted molar refractivity (Wildman–Crippen MR) is 75.0 cm³/mol. The lowest BCUT2D eigenvalue weighted by Gasteiger charge is -2.08. The zero-order chi connectivity index (χ0) is 14.0. The highest BCUT2D eigenvalue weighted by Crippen LogP contribution is 2.22. The van der Waals surface area contributed by atoms with Crippen LogP contribution in [-0.2, 0) is 13.6 Å². The summed E-state index contributed by atoms with van der Waals surface area (Å²) >= 11 is 5.89. The zero-order valence-corrected chi connectivity index (χ0v) is 11.5. The molecule has 100 valence electrons. The smallest absolute Gasteiger partial charge is 0.253 e. The number of carbonyl (C=O) groups excluding carboxylic acids is 1. The number of hydrogen-bond donors (Lipinski definition) is 2. The molecule has 0 aliphatic carbocycles. The fourth-order valence-corrected chi connectivity index (χ4v) is 1.90. The van der Waals surface area contributed by atoms with E-state index in [1.54, 1.807) is 29.1 Å². The summed E-state index contributed by atoms with van der Waals surface area (Å²) in [5, 5.41) is 7.30. The van der Waals surface area contributed by atoms with Gasteiger partial charge in [0.2, 0.25) is 0 Å². The van der Waals surface area contributed by atoms with Crippen molar-refractivity contribution in [2.75, 3.05) is 5.73 Å². The summed E-state index contributed by atoms with van der Waals surface area (Å²) < 4.78 is 1.76. The molecule has 0 spiro atoms. The van der Waals surface area contributed by atoms with Crippen LogP contribution in [0.15, 0.2) is 24.4 Å². The first-order chi connectivity index (χ1) is 9.00. The Balaban J connectivity index is 2.10. The van der Waals surface area contributed by atoms with E-state index in [1.807, 2.05) is 14.0 Å². The number of rotatable bonds is 3. The fraction of sp³-hybridized carbons (Fsp3) is 0.231. The molecule has 0 fully saturated rings. The second-order valence-electron chi connectivity index (χ2n) is 4.26. The highest BCUT2D eigenvalue weighted by Gasteiger charge is 2.12. The summed E-state index contributed by atoms with van der Waals surface area (Å²) in [5.41, 5.74) is 8.44. The summed E-state index contributed by atoms with van der Waals surface area (Å²) in [7, 11) is 1.86. The lowest BCUT2D eigenvalue weighted by molar-refractivity contribution is 0.0952. The minimum atomic E-state index is -0.247. The Bertz CT molecular complexity index is 621. The van der Waals surface area contributed by atoms with Crippen LogP contribution in [0.5, 0.6) is 0 Å². The molecule has 19 heavy (non-hydrogen) atoms. The number of carbonyl (C=O) groups is 1. The van der Waals surface area contributed by atoms with Crippen LogP contribution in [0.3, 0.4) is 0 Å². The van der Waals surface area contributed by atoms with Crippen LogP contribution in [0.25, 0.3) is 0 Å². The second kappa shape index (κ2) is 5.32. The molecule has 1 aromatic carbocycles. The number of anilines is 1. The van der Waals surface area contributed by atoms with Gasteiger partial charge in [-0.05, 0) is 19.1 Å². The third-order valence-corrected chi connectivity index (χ3v) is 3.40. The molecule has 2 aromatic rings. The topological polar surface area (TPSA) is 72.9 Å². The molecular weight excluding hydrogens is 264 g/mol. The quantitative estimate of drug-likeness (QED) is 0.842. The molecule has 0 saturated carbocycles. The van der Waals surface area contributed by atoms with Gasteiger partial charge in [0, 0.05) is 24.8 Å². The Kier molecular flexibility index (Phi) is 3.76. The van der Waals surface area contributed by atoms with Crippen molar-refractivity contribution in [1.82, 2.24) is 15.1 Å². The largest absolute Gasteiger partial charge is 0.397 e.